The first-order valence-corrected chi connectivity index (χ1v) is 8.60. The van der Waals surface area contributed by atoms with Crippen molar-refractivity contribution in [3.63, 3.8) is 0 Å². The van der Waals surface area contributed by atoms with Crippen molar-refractivity contribution < 1.29 is 253 Å². The average Bonchev–Trinajstić information content (AvgIpc) is 1.62. The van der Waals surface area contributed by atoms with Crippen molar-refractivity contribution in [2.45, 2.75) is 0 Å². The van der Waals surface area contributed by atoms with E-state index in [-0.39, 0.29) is 179 Å². The van der Waals surface area contributed by atoms with Gasteiger partial charge in [-0.2, -0.15) is 0 Å². The Hall–Kier alpha value is 6.24. The largest absolute Gasteiger partial charge is 1.00 e. The Bertz CT molecular complexity index is 316. The van der Waals surface area contributed by atoms with E-state index >= 15 is 0 Å². The summed E-state index contributed by atoms with van der Waals surface area (Å²) in [5.41, 5.74) is 0. The summed E-state index contributed by atoms with van der Waals surface area (Å²) in [6.07, 6.45) is 0. The van der Waals surface area contributed by atoms with Crippen molar-refractivity contribution in [1.29, 1.82) is 0 Å². The number of hydrogen-bond acceptors (Lipinski definition) is 12. The first-order valence-electron chi connectivity index (χ1n) is 2.87. The Balaban J connectivity index is -0.0000000111. The van der Waals surface area contributed by atoms with Crippen LogP contribution >= 0.6 is 31.6 Å². The number of halogens is 4. The van der Waals surface area contributed by atoms with E-state index in [1.54, 1.807) is 0 Å². The predicted molar refractivity (Wildman–Crippen MR) is 34.9 cm³/mol. The second kappa shape index (κ2) is 37.8. The Kier molecular flexibility index (Phi) is 103. The van der Waals surface area contributed by atoms with Crippen molar-refractivity contribution in [2.24, 2.45) is 0 Å². The molecule has 0 atom stereocenters. The van der Waals surface area contributed by atoms with E-state index in [4.69, 9.17) is 57.4 Å². The second-order valence-corrected chi connectivity index (χ2v) is 5.17. The molecule has 0 N–H and O–H groups in total. The van der Waals surface area contributed by atoms with Gasteiger partial charge in [-0.05, 0) is 0 Å². The third-order valence-corrected chi connectivity index (χ3v) is 0. The van der Waals surface area contributed by atoms with E-state index < -0.39 is 31.6 Å². The predicted octanol–water partition coefficient (Wildman–Crippen LogP) is -4.88. The molecule has 0 aliphatic rings. The summed E-state index contributed by atoms with van der Waals surface area (Å²) in [5.74, 6) is 0. The maximum atomic E-state index is 10.1. The monoisotopic (exact) mass is 1250 g/mol. The molecule has 0 unspecified atom stereocenters. The van der Waals surface area contributed by atoms with Gasteiger partial charge in [-0.1, -0.05) is 0 Å². The van der Waals surface area contributed by atoms with Gasteiger partial charge in [0.25, 0.3) is 0 Å². The van der Waals surface area contributed by atoms with E-state index in [9.17, 15) is 16.8 Å². The maximum absolute atomic E-state index is 10.1. The number of hydrogen-bond donors (Lipinski definition) is 0. The third kappa shape index (κ3) is 808. The molecule has 0 bridgehead atoms. The minimum atomic E-state index is -5.64. The van der Waals surface area contributed by atoms with Crippen LogP contribution in [-0.4, -0.2) is 0 Å². The molecule has 28 heavy (non-hydrogen) atoms. The minimum Gasteiger partial charge on any atom is -0.786 e. The van der Waals surface area contributed by atoms with Crippen LogP contribution in [0.15, 0.2) is 0 Å². The van der Waals surface area contributed by atoms with E-state index in [0.29, 0.717) is 0 Å². The molecule has 28 heteroatoms. The van der Waals surface area contributed by atoms with Gasteiger partial charge in [0.05, 0.1) is 0 Å². The molecule has 0 aliphatic carbocycles. The molecule has 0 rings (SSSR count). The molecule has 0 aromatic rings. The first-order chi connectivity index (χ1) is 8.00. The summed E-state index contributed by atoms with van der Waals surface area (Å²) < 4.78 is 74.3. The Morgan fingerprint density at radius 2 is 0.321 bits per heavy atom. The van der Waals surface area contributed by atoms with Crippen molar-refractivity contribution in [1.82, 2.24) is 0 Å². The van der Waals surface area contributed by atoms with Crippen LogP contribution in [0.25, 0.3) is 0 Å². The van der Waals surface area contributed by atoms with Crippen molar-refractivity contribution in [3.05, 3.63) is 0 Å². The van der Waals surface area contributed by atoms with Gasteiger partial charge in [-0.15, -0.1) is 0 Å². The van der Waals surface area contributed by atoms with Crippen LogP contribution in [0.4, 0.5) is 16.8 Å². The second-order valence-electron chi connectivity index (χ2n) is 1.72. The van der Waals surface area contributed by atoms with Gasteiger partial charge in [0, 0.05) is 0 Å². The summed E-state index contributed by atoms with van der Waals surface area (Å²) in [5, 5.41) is 0. The van der Waals surface area contributed by atoms with Gasteiger partial charge in [-0.25, -0.2) is 16.8 Å². The zero-order valence-corrected chi connectivity index (χ0v) is 26.0. The van der Waals surface area contributed by atoms with Crippen molar-refractivity contribution >= 4 is 31.6 Å². The fourth-order valence-corrected chi connectivity index (χ4v) is 0. The normalized spacial score (nSPS) is 8.43. The molecule has 12 nitrogen and oxygen atoms in total. The van der Waals surface area contributed by atoms with Crippen LogP contribution < -0.4 is 39.1 Å². The molecular formula is Ag8F4O12P4. The smallest absolute Gasteiger partial charge is 0.786 e. The molecule has 0 aromatic carbocycles. The Labute approximate surface area is 280 Å². The SMILES string of the molecule is O=P([O-])([O-])F.O=P([O-])([O-])F.O=P([O-])([O-])F.O=P([O-])([O-])F.[Ag+].[Ag+].[Ag+].[Ag+].[Ag+].[Ag+].[Ag+].[Ag+]. The molecule has 0 radical (unpaired) electrons. The molecule has 0 amide bonds. The standard InChI is InChI=1S/8Ag.4FH2O3P/c;;;;;;;;4*1-5(2,3)4/h;;;;;;;;4*(H2,2,3,4)/q8*+1;;;;/p-8. The molecule has 0 saturated carbocycles. The first kappa shape index (κ1) is 76.5. The third-order valence-electron chi connectivity index (χ3n) is 0. The summed E-state index contributed by atoms with van der Waals surface area (Å²) in [4.78, 5) is 67.5. The van der Waals surface area contributed by atoms with Gasteiger partial charge in [0.1, 0.15) is 31.6 Å². The van der Waals surface area contributed by atoms with Gasteiger partial charge in [-0.3, -0.25) is 0 Å². The minimum absolute atomic E-state index is 0. The Morgan fingerprint density at radius 1 is 0.321 bits per heavy atom. The molecule has 0 heterocycles. The number of rotatable bonds is 0. The van der Waals surface area contributed by atoms with Crippen LogP contribution in [0.3, 0.4) is 0 Å². The van der Waals surface area contributed by atoms with E-state index in [1.807, 2.05) is 0 Å². The molecule has 0 aromatic heterocycles. The van der Waals surface area contributed by atoms with Crippen LogP contribution in [0, 0.1) is 0 Å². The van der Waals surface area contributed by atoms with Gasteiger partial charge in [0.2, 0.25) is 0 Å². The maximum Gasteiger partial charge on any atom is 1.00 e. The quantitative estimate of drug-likeness (QED) is 0.126. The summed E-state index contributed by atoms with van der Waals surface area (Å²) in [6.45, 7) is 0. The van der Waals surface area contributed by atoms with Crippen LogP contribution in [0.2, 0.25) is 0 Å². The topological polar surface area (TPSA) is 253 Å². The molecule has 208 valence electrons. The van der Waals surface area contributed by atoms with E-state index in [0.717, 1.165) is 0 Å². The molecule has 0 aliphatic heterocycles. The summed E-state index contributed by atoms with van der Waals surface area (Å²) in [6, 6.07) is 0. The zero-order valence-electron chi connectivity index (χ0n) is 10.6. The van der Waals surface area contributed by atoms with E-state index in [1.165, 1.54) is 0 Å². The molecule has 0 spiro atoms. The molecule has 0 saturated heterocycles. The van der Waals surface area contributed by atoms with E-state index in [2.05, 4.69) is 0 Å². The summed E-state index contributed by atoms with van der Waals surface area (Å²) >= 11 is 0. The van der Waals surface area contributed by atoms with Crippen LogP contribution in [0.1, 0.15) is 0 Å². The fourth-order valence-electron chi connectivity index (χ4n) is 0. The van der Waals surface area contributed by atoms with Gasteiger partial charge >= 0.3 is 179 Å². The van der Waals surface area contributed by atoms with Gasteiger partial charge in [0.15, 0.2) is 0 Å². The van der Waals surface area contributed by atoms with Crippen molar-refractivity contribution in [3.8, 4) is 0 Å². The van der Waals surface area contributed by atoms with Crippen molar-refractivity contribution in [2.75, 3.05) is 0 Å². The fraction of sp³-hybridized carbons (Fsp3) is 0. The van der Waals surface area contributed by atoms with Crippen LogP contribution in [-0.2, 0) is 197 Å². The Morgan fingerprint density at radius 3 is 0.321 bits per heavy atom. The molecular weight excluding hydrogens is 1250 g/mol. The van der Waals surface area contributed by atoms with Crippen LogP contribution in [0.5, 0.6) is 0 Å². The zero-order chi connectivity index (χ0) is 18.0. The molecule has 0 fully saturated rings. The average molecular weight is 1250 g/mol. The summed E-state index contributed by atoms with van der Waals surface area (Å²) in [7, 11) is -22.6. The van der Waals surface area contributed by atoms with Gasteiger partial charge < -0.3 is 57.4 Å².